The monoisotopic (exact) mass is 361 g/mol. The summed E-state index contributed by atoms with van der Waals surface area (Å²) in [5, 5.41) is 2.76. The Morgan fingerprint density at radius 2 is 1.95 bits per heavy atom. The summed E-state index contributed by atoms with van der Waals surface area (Å²) in [5.41, 5.74) is 3.32. The summed E-state index contributed by atoms with van der Waals surface area (Å²) in [5.74, 6) is -0.627. The Balaban J connectivity index is 2.03. The SMILES string of the molecule is Cc1cc(Br)c2nc(C)c(C(=O)Nc3ccc(F)cc3)n2c1. The van der Waals surface area contributed by atoms with Crippen molar-refractivity contribution in [2.75, 3.05) is 5.32 Å². The average Bonchev–Trinajstić information content (AvgIpc) is 2.78. The zero-order chi connectivity index (χ0) is 15.9. The molecule has 2 heterocycles. The molecule has 0 saturated heterocycles. The molecule has 0 aliphatic carbocycles. The molecule has 1 aromatic carbocycles. The number of hydrogen-bond acceptors (Lipinski definition) is 2. The number of nitrogens with zero attached hydrogens (tertiary/aromatic N) is 2. The van der Waals surface area contributed by atoms with E-state index in [2.05, 4.69) is 26.2 Å². The molecule has 1 N–H and O–H groups in total. The van der Waals surface area contributed by atoms with Crippen LogP contribution in [-0.4, -0.2) is 15.3 Å². The largest absolute Gasteiger partial charge is 0.321 e. The third-order valence-corrected chi connectivity index (χ3v) is 3.89. The van der Waals surface area contributed by atoms with Gasteiger partial charge in [0.2, 0.25) is 0 Å². The maximum Gasteiger partial charge on any atom is 0.274 e. The highest BCUT2D eigenvalue weighted by Gasteiger charge is 2.18. The van der Waals surface area contributed by atoms with Crippen LogP contribution in [0.4, 0.5) is 10.1 Å². The molecule has 0 aliphatic rings. The van der Waals surface area contributed by atoms with E-state index in [0.717, 1.165) is 10.0 Å². The zero-order valence-corrected chi connectivity index (χ0v) is 13.6. The maximum atomic E-state index is 12.9. The first kappa shape index (κ1) is 14.7. The molecule has 1 amide bonds. The normalized spacial score (nSPS) is 10.9. The minimum atomic E-state index is -0.344. The minimum absolute atomic E-state index is 0.283. The lowest BCUT2D eigenvalue weighted by Crippen LogP contribution is -2.15. The van der Waals surface area contributed by atoms with Crippen LogP contribution in [0.1, 0.15) is 21.7 Å². The summed E-state index contributed by atoms with van der Waals surface area (Å²) in [6.45, 7) is 3.73. The first-order valence-electron chi connectivity index (χ1n) is 6.67. The Bertz CT molecular complexity index is 871. The Hall–Kier alpha value is -2.21. The van der Waals surface area contributed by atoms with Gasteiger partial charge in [-0.25, -0.2) is 9.37 Å². The molecule has 0 unspecified atom stereocenters. The average molecular weight is 362 g/mol. The first-order chi connectivity index (χ1) is 10.5. The number of halogens is 2. The number of carbonyl (C=O) groups excluding carboxylic acids is 1. The van der Waals surface area contributed by atoms with Crippen LogP contribution in [0, 0.1) is 19.7 Å². The summed E-state index contributed by atoms with van der Waals surface area (Å²) < 4.78 is 15.5. The third-order valence-electron chi connectivity index (χ3n) is 3.30. The van der Waals surface area contributed by atoms with E-state index in [4.69, 9.17) is 0 Å². The number of aromatic nitrogens is 2. The van der Waals surface area contributed by atoms with E-state index in [1.54, 1.807) is 11.3 Å². The van der Waals surface area contributed by atoms with Crippen molar-refractivity contribution in [1.29, 1.82) is 0 Å². The van der Waals surface area contributed by atoms with Gasteiger partial charge in [0.05, 0.1) is 10.2 Å². The molecule has 0 radical (unpaired) electrons. The van der Waals surface area contributed by atoms with Gasteiger partial charge in [0, 0.05) is 11.9 Å². The zero-order valence-electron chi connectivity index (χ0n) is 12.0. The molecule has 2 aromatic heterocycles. The Kier molecular flexibility index (Phi) is 3.70. The van der Waals surface area contributed by atoms with Gasteiger partial charge in [0.1, 0.15) is 11.5 Å². The number of hydrogen-bond donors (Lipinski definition) is 1. The Labute approximate surface area is 135 Å². The van der Waals surface area contributed by atoms with Crippen LogP contribution < -0.4 is 5.32 Å². The molecule has 3 aromatic rings. The second-order valence-corrected chi connectivity index (χ2v) is 5.92. The molecule has 4 nitrogen and oxygen atoms in total. The van der Waals surface area contributed by atoms with Crippen LogP contribution in [0.2, 0.25) is 0 Å². The van der Waals surface area contributed by atoms with E-state index in [1.165, 1.54) is 24.3 Å². The van der Waals surface area contributed by atoms with E-state index < -0.39 is 0 Å². The molecule has 0 atom stereocenters. The van der Waals surface area contributed by atoms with Crippen molar-refractivity contribution in [3.63, 3.8) is 0 Å². The summed E-state index contributed by atoms with van der Waals surface area (Å²) >= 11 is 3.46. The van der Waals surface area contributed by atoms with E-state index in [0.29, 0.717) is 22.7 Å². The number of amides is 1. The maximum absolute atomic E-state index is 12.9. The standard InChI is InChI=1S/C16H13BrFN3O/c1-9-7-13(17)15-19-10(2)14(21(15)8-9)16(22)20-12-5-3-11(18)4-6-12/h3-8H,1-2H3,(H,20,22). The quantitative estimate of drug-likeness (QED) is 0.746. The molecule has 22 heavy (non-hydrogen) atoms. The Morgan fingerprint density at radius 3 is 2.64 bits per heavy atom. The molecule has 3 rings (SSSR count). The summed E-state index contributed by atoms with van der Waals surface area (Å²) in [6.07, 6.45) is 1.86. The van der Waals surface area contributed by atoms with Gasteiger partial charge in [-0.05, 0) is 65.7 Å². The number of imidazole rings is 1. The van der Waals surface area contributed by atoms with Crippen LogP contribution in [0.15, 0.2) is 41.0 Å². The number of fused-ring (bicyclic) bond motifs is 1. The predicted octanol–water partition coefficient (Wildman–Crippen LogP) is 4.11. The molecule has 0 spiro atoms. The van der Waals surface area contributed by atoms with Crippen molar-refractivity contribution in [3.8, 4) is 0 Å². The fourth-order valence-corrected chi connectivity index (χ4v) is 2.98. The molecule has 0 bridgehead atoms. The van der Waals surface area contributed by atoms with Crippen molar-refractivity contribution in [1.82, 2.24) is 9.38 Å². The number of anilines is 1. The minimum Gasteiger partial charge on any atom is -0.321 e. The lowest BCUT2D eigenvalue weighted by Gasteiger charge is -2.07. The second kappa shape index (κ2) is 5.53. The fourth-order valence-electron chi connectivity index (χ4n) is 2.34. The van der Waals surface area contributed by atoms with Gasteiger partial charge < -0.3 is 5.32 Å². The summed E-state index contributed by atoms with van der Waals surface area (Å²) in [7, 11) is 0. The van der Waals surface area contributed by atoms with Gasteiger partial charge in [-0.2, -0.15) is 0 Å². The van der Waals surface area contributed by atoms with E-state index in [9.17, 15) is 9.18 Å². The first-order valence-corrected chi connectivity index (χ1v) is 7.47. The molecular weight excluding hydrogens is 349 g/mol. The van der Waals surface area contributed by atoms with Crippen LogP contribution in [0.25, 0.3) is 5.65 Å². The van der Waals surface area contributed by atoms with Crippen molar-refractivity contribution in [3.05, 3.63) is 63.8 Å². The van der Waals surface area contributed by atoms with E-state index in [1.807, 2.05) is 19.2 Å². The molecular formula is C16H13BrFN3O. The highest BCUT2D eigenvalue weighted by atomic mass is 79.9. The third kappa shape index (κ3) is 2.62. The van der Waals surface area contributed by atoms with Crippen LogP contribution in [0.5, 0.6) is 0 Å². The van der Waals surface area contributed by atoms with Gasteiger partial charge in [-0.15, -0.1) is 0 Å². The van der Waals surface area contributed by atoms with E-state index in [-0.39, 0.29) is 11.7 Å². The smallest absolute Gasteiger partial charge is 0.274 e. The Morgan fingerprint density at radius 1 is 1.27 bits per heavy atom. The lowest BCUT2D eigenvalue weighted by molar-refractivity contribution is 0.102. The van der Waals surface area contributed by atoms with Gasteiger partial charge >= 0.3 is 0 Å². The number of nitrogens with one attached hydrogen (secondary N) is 1. The highest BCUT2D eigenvalue weighted by Crippen LogP contribution is 2.23. The van der Waals surface area contributed by atoms with Crippen LogP contribution in [0.3, 0.4) is 0 Å². The molecule has 6 heteroatoms. The lowest BCUT2D eigenvalue weighted by atomic mass is 10.2. The number of carbonyl (C=O) groups is 1. The van der Waals surface area contributed by atoms with Gasteiger partial charge in [0.15, 0.2) is 5.65 Å². The second-order valence-electron chi connectivity index (χ2n) is 5.07. The molecule has 0 aliphatic heterocycles. The number of rotatable bonds is 2. The van der Waals surface area contributed by atoms with Crippen LogP contribution >= 0.6 is 15.9 Å². The van der Waals surface area contributed by atoms with Gasteiger partial charge in [0.25, 0.3) is 5.91 Å². The fraction of sp³-hybridized carbons (Fsp3) is 0.125. The van der Waals surface area contributed by atoms with Crippen molar-refractivity contribution in [2.24, 2.45) is 0 Å². The van der Waals surface area contributed by atoms with Crippen molar-refractivity contribution in [2.45, 2.75) is 13.8 Å². The van der Waals surface area contributed by atoms with Gasteiger partial charge in [-0.3, -0.25) is 9.20 Å². The highest BCUT2D eigenvalue weighted by molar-refractivity contribution is 9.10. The number of benzene rings is 1. The number of aryl methyl sites for hydroxylation is 2. The summed E-state index contributed by atoms with van der Waals surface area (Å²) in [6, 6.07) is 7.60. The molecule has 112 valence electrons. The predicted molar refractivity (Wildman–Crippen MR) is 86.7 cm³/mol. The van der Waals surface area contributed by atoms with Gasteiger partial charge in [-0.1, -0.05) is 0 Å². The van der Waals surface area contributed by atoms with Crippen LogP contribution in [-0.2, 0) is 0 Å². The van der Waals surface area contributed by atoms with Crippen molar-refractivity contribution >= 4 is 33.2 Å². The van der Waals surface area contributed by atoms with Crippen molar-refractivity contribution < 1.29 is 9.18 Å². The van der Waals surface area contributed by atoms with E-state index >= 15 is 0 Å². The summed E-state index contributed by atoms with van der Waals surface area (Å²) in [4.78, 5) is 17.0. The molecule has 0 fully saturated rings. The number of pyridine rings is 1. The topological polar surface area (TPSA) is 46.4 Å². The molecule has 0 saturated carbocycles.